The quantitative estimate of drug-likeness (QED) is 0.231. The lowest BCUT2D eigenvalue weighted by molar-refractivity contribution is -0.667. The molecule has 0 amide bonds. The second-order valence-electron chi connectivity index (χ2n) is 9.46. The van der Waals surface area contributed by atoms with Crippen molar-refractivity contribution in [2.45, 2.75) is 31.3 Å². The largest absolute Gasteiger partial charge is 0.276 e. The fraction of sp³-hybridized carbons (Fsp3) is 0.152. The summed E-state index contributed by atoms with van der Waals surface area (Å²) in [5.41, 5.74) is 11.0. The van der Waals surface area contributed by atoms with Gasteiger partial charge in [-0.2, -0.15) is 4.57 Å². The zero-order valence-electron chi connectivity index (χ0n) is 19.9. The molecule has 2 nitrogen and oxygen atoms in total. The van der Waals surface area contributed by atoms with Crippen LogP contribution in [0, 0.1) is 0 Å². The number of aliphatic imine (C=N–C) groups is 1. The summed E-state index contributed by atoms with van der Waals surface area (Å²) in [4.78, 5) is 5.24. The molecule has 4 aromatic rings. The number of pyridine rings is 1. The molecular formula is C33H29N2+. The summed E-state index contributed by atoms with van der Waals surface area (Å²) in [6.45, 7) is 9.43. The van der Waals surface area contributed by atoms with Crippen molar-refractivity contribution in [3.05, 3.63) is 139 Å². The number of hydrogen-bond acceptors (Lipinski definition) is 1. The van der Waals surface area contributed by atoms with Crippen molar-refractivity contribution in [2.24, 2.45) is 4.99 Å². The van der Waals surface area contributed by atoms with Crippen LogP contribution in [0.2, 0.25) is 0 Å². The summed E-state index contributed by atoms with van der Waals surface area (Å²) < 4.78 is 2.43. The number of nitrogens with zero attached hydrogens (tertiary/aromatic N) is 2. The minimum absolute atomic E-state index is 0.0207. The standard InChI is InChI=1S/C33H29N2/c1-3-30-28-17-10-9-16-27(28)29-21-20-24-12-7-8-15-26(24)32-19-11-18-31(25-13-5-4-6-14-25)35(32)22-23(2)33(29)34-30/h3-19,29,33H,1-2,20-22H2/q+1. The van der Waals surface area contributed by atoms with E-state index in [0.717, 1.165) is 24.1 Å². The van der Waals surface area contributed by atoms with Crippen molar-refractivity contribution >= 4 is 5.71 Å². The van der Waals surface area contributed by atoms with Gasteiger partial charge in [-0.3, -0.25) is 4.99 Å². The van der Waals surface area contributed by atoms with E-state index < -0.39 is 0 Å². The van der Waals surface area contributed by atoms with Crippen LogP contribution in [0.3, 0.4) is 0 Å². The Hall–Kier alpha value is -4.04. The molecular weight excluding hydrogens is 424 g/mol. The molecule has 35 heavy (non-hydrogen) atoms. The number of fused-ring (bicyclic) bond motifs is 6. The number of aromatic nitrogens is 1. The van der Waals surface area contributed by atoms with E-state index in [0.29, 0.717) is 12.5 Å². The third kappa shape index (κ3) is 3.76. The molecule has 6 rings (SSSR count). The van der Waals surface area contributed by atoms with Crippen LogP contribution in [0.25, 0.3) is 22.5 Å². The van der Waals surface area contributed by atoms with E-state index in [1.807, 2.05) is 6.08 Å². The van der Waals surface area contributed by atoms with E-state index in [1.54, 1.807) is 0 Å². The van der Waals surface area contributed by atoms with Crippen molar-refractivity contribution in [3.63, 3.8) is 0 Å². The van der Waals surface area contributed by atoms with Crippen LogP contribution in [0.1, 0.15) is 29.0 Å². The zero-order chi connectivity index (χ0) is 23.8. The molecule has 0 saturated carbocycles. The van der Waals surface area contributed by atoms with Crippen LogP contribution in [-0.2, 0) is 13.0 Å². The third-order valence-corrected chi connectivity index (χ3v) is 7.45. The first-order valence-corrected chi connectivity index (χ1v) is 12.4. The van der Waals surface area contributed by atoms with Gasteiger partial charge in [-0.25, -0.2) is 0 Å². The highest BCUT2D eigenvalue weighted by Gasteiger charge is 2.35. The first-order valence-electron chi connectivity index (χ1n) is 12.4. The molecule has 170 valence electrons. The van der Waals surface area contributed by atoms with Gasteiger partial charge >= 0.3 is 0 Å². The van der Waals surface area contributed by atoms with Crippen LogP contribution in [0.15, 0.2) is 127 Å². The predicted molar refractivity (Wildman–Crippen MR) is 145 cm³/mol. The molecule has 2 aliphatic rings. The minimum Gasteiger partial charge on any atom is -0.276 e. The van der Waals surface area contributed by atoms with E-state index in [2.05, 4.69) is 115 Å². The van der Waals surface area contributed by atoms with Crippen LogP contribution >= 0.6 is 0 Å². The second kappa shape index (κ2) is 8.96. The molecule has 1 aromatic heterocycles. The molecule has 2 atom stereocenters. The Kier molecular flexibility index (Phi) is 5.50. The second-order valence-corrected chi connectivity index (χ2v) is 9.46. The normalized spacial score (nSPS) is 18.9. The van der Waals surface area contributed by atoms with Gasteiger partial charge in [0.15, 0.2) is 6.54 Å². The Balaban J connectivity index is 1.57. The highest BCUT2D eigenvalue weighted by atomic mass is 15.0. The number of benzene rings is 3. The molecule has 2 aliphatic heterocycles. The van der Waals surface area contributed by atoms with Crippen LogP contribution < -0.4 is 4.57 Å². The zero-order valence-corrected chi connectivity index (χ0v) is 19.9. The number of hydrogen-bond donors (Lipinski definition) is 0. The smallest absolute Gasteiger partial charge is 0.213 e. The highest BCUT2D eigenvalue weighted by Crippen LogP contribution is 2.39. The van der Waals surface area contributed by atoms with Crippen molar-refractivity contribution in [2.75, 3.05) is 0 Å². The highest BCUT2D eigenvalue weighted by molar-refractivity contribution is 6.10. The Morgan fingerprint density at radius 3 is 2.31 bits per heavy atom. The van der Waals surface area contributed by atoms with Gasteiger partial charge in [0.1, 0.15) is 0 Å². The molecule has 0 saturated heterocycles. The molecule has 0 spiro atoms. The lowest BCUT2D eigenvalue weighted by Gasteiger charge is -2.33. The van der Waals surface area contributed by atoms with Gasteiger partial charge in [0, 0.05) is 40.3 Å². The fourth-order valence-electron chi connectivity index (χ4n) is 5.79. The number of rotatable bonds is 2. The van der Waals surface area contributed by atoms with Crippen LogP contribution in [0.4, 0.5) is 0 Å². The molecule has 0 fully saturated rings. The van der Waals surface area contributed by atoms with Gasteiger partial charge in [0.25, 0.3) is 0 Å². The maximum atomic E-state index is 5.24. The Morgan fingerprint density at radius 1 is 0.771 bits per heavy atom. The average Bonchev–Trinajstić information content (AvgIpc) is 2.92. The molecule has 0 radical (unpaired) electrons. The Labute approximate surface area is 207 Å². The van der Waals surface area contributed by atoms with Gasteiger partial charge in [0.2, 0.25) is 11.4 Å². The molecule has 2 heteroatoms. The SMILES string of the molecule is C=CC1=NC2C(=C)C[n+]3c(-c4ccccc4)cccc3-c3ccccc3CCC2c2ccccc21. The predicted octanol–water partition coefficient (Wildman–Crippen LogP) is 6.95. The molecule has 3 heterocycles. The minimum atomic E-state index is 0.0207. The van der Waals surface area contributed by atoms with Crippen molar-refractivity contribution in [1.82, 2.24) is 0 Å². The lowest BCUT2D eigenvalue weighted by Crippen LogP contribution is -2.43. The molecule has 0 aliphatic carbocycles. The van der Waals surface area contributed by atoms with E-state index >= 15 is 0 Å². The van der Waals surface area contributed by atoms with Crippen molar-refractivity contribution < 1.29 is 4.57 Å². The van der Waals surface area contributed by atoms with Gasteiger partial charge in [-0.1, -0.05) is 73.8 Å². The molecule has 0 N–H and O–H groups in total. The van der Waals surface area contributed by atoms with Crippen LogP contribution in [0.5, 0.6) is 0 Å². The monoisotopic (exact) mass is 453 g/mol. The molecule has 2 unspecified atom stereocenters. The fourth-order valence-corrected chi connectivity index (χ4v) is 5.79. The van der Waals surface area contributed by atoms with Crippen molar-refractivity contribution in [1.29, 1.82) is 0 Å². The summed E-state index contributed by atoms with van der Waals surface area (Å²) >= 11 is 0. The van der Waals surface area contributed by atoms with Gasteiger partial charge < -0.3 is 0 Å². The molecule has 0 bridgehead atoms. The summed E-state index contributed by atoms with van der Waals surface area (Å²) in [5.74, 6) is 0.293. The van der Waals surface area contributed by atoms with E-state index in [4.69, 9.17) is 4.99 Å². The van der Waals surface area contributed by atoms with E-state index in [1.165, 1.54) is 39.2 Å². The summed E-state index contributed by atoms with van der Waals surface area (Å²) in [6, 6.07) is 34.9. The maximum Gasteiger partial charge on any atom is 0.213 e. The summed E-state index contributed by atoms with van der Waals surface area (Å²) in [5, 5.41) is 0. The van der Waals surface area contributed by atoms with Gasteiger partial charge in [-0.05, 0) is 54.3 Å². The van der Waals surface area contributed by atoms with E-state index in [-0.39, 0.29) is 6.04 Å². The van der Waals surface area contributed by atoms with Crippen LogP contribution in [-0.4, -0.2) is 11.8 Å². The summed E-state index contributed by atoms with van der Waals surface area (Å²) in [6.07, 6.45) is 3.92. The van der Waals surface area contributed by atoms with Crippen molar-refractivity contribution in [3.8, 4) is 22.5 Å². The van der Waals surface area contributed by atoms with Gasteiger partial charge in [0.05, 0.1) is 11.8 Å². The topological polar surface area (TPSA) is 16.2 Å². The first-order chi connectivity index (χ1) is 17.2. The van der Waals surface area contributed by atoms with E-state index in [9.17, 15) is 0 Å². The number of allylic oxidation sites excluding steroid dienone is 1. The Bertz CT molecular complexity index is 1460. The molecule has 3 aromatic carbocycles. The first kappa shape index (κ1) is 21.5. The maximum absolute atomic E-state index is 5.24. The Morgan fingerprint density at radius 2 is 1.49 bits per heavy atom. The number of aryl methyl sites for hydroxylation is 1. The lowest BCUT2D eigenvalue weighted by atomic mass is 9.77. The van der Waals surface area contributed by atoms with Gasteiger partial charge in [-0.15, -0.1) is 0 Å². The third-order valence-electron chi connectivity index (χ3n) is 7.45. The average molecular weight is 454 g/mol. The summed E-state index contributed by atoms with van der Waals surface area (Å²) in [7, 11) is 0.